The van der Waals surface area contributed by atoms with Crippen LogP contribution in [-0.2, 0) is 28.6 Å². The molecule has 1 atom stereocenters. The average Bonchev–Trinajstić information content (AvgIpc) is 3.22. The van der Waals surface area contributed by atoms with Crippen LogP contribution in [0.2, 0.25) is 0 Å². The Labute approximate surface area is 358 Å². The molecule has 0 radical (unpaired) electrons. The average molecular weight is 811 g/mol. The lowest BCUT2D eigenvalue weighted by atomic mass is 10.0. The molecular weight excluding hydrogens is 721 g/mol. The minimum absolute atomic E-state index is 0.0889. The Morgan fingerprint density at radius 3 is 1.05 bits per heavy atom. The van der Waals surface area contributed by atoms with Gasteiger partial charge in [-0.2, -0.15) is 0 Å². The second-order valence-corrected chi connectivity index (χ2v) is 16.0. The molecule has 6 nitrogen and oxygen atoms in total. The van der Waals surface area contributed by atoms with Gasteiger partial charge in [-0.1, -0.05) is 216 Å². The smallest absolute Gasteiger partial charge is 0.306 e. The highest BCUT2D eigenvalue weighted by Gasteiger charge is 2.19. The molecule has 0 rings (SSSR count). The number of hydrogen-bond acceptors (Lipinski definition) is 6. The molecule has 0 aliphatic heterocycles. The standard InChI is InChI=1S/C52H90O6/c1-4-7-10-13-16-19-22-24-25-26-27-28-31-33-36-39-42-45-51(54)57-48-49(47-56-50(53)44-41-38-35-32-29-21-18-15-12-9-6-3)58-52(55)46-43-40-37-34-30-23-20-17-14-11-8-5-2/h7,10,16,19,24-25,27-28,33,36,49H,4-6,8-9,11-15,17-18,20-23,26,29-32,34-35,37-48H2,1-3H3/b10-7-,19-16-,25-24-,28-27-,36-33-/t49-/m1/s1. The number of carbonyl (C=O) groups is 3. The molecule has 0 N–H and O–H groups in total. The van der Waals surface area contributed by atoms with Gasteiger partial charge in [0.05, 0.1) is 0 Å². The number of ether oxygens (including phenoxy) is 3. The highest BCUT2D eigenvalue weighted by atomic mass is 16.6. The molecule has 0 aromatic rings. The van der Waals surface area contributed by atoms with Gasteiger partial charge in [0.15, 0.2) is 6.10 Å². The number of esters is 3. The van der Waals surface area contributed by atoms with Gasteiger partial charge in [-0.25, -0.2) is 0 Å². The molecule has 0 bridgehead atoms. The monoisotopic (exact) mass is 811 g/mol. The maximum absolute atomic E-state index is 12.7. The van der Waals surface area contributed by atoms with Gasteiger partial charge in [-0.15, -0.1) is 0 Å². The second kappa shape index (κ2) is 46.8. The molecular formula is C52H90O6. The molecule has 0 unspecified atom stereocenters. The molecule has 0 spiro atoms. The van der Waals surface area contributed by atoms with Crippen molar-refractivity contribution in [2.75, 3.05) is 13.2 Å². The summed E-state index contributed by atoms with van der Waals surface area (Å²) in [5, 5.41) is 0. The number of allylic oxidation sites excluding steroid dienone is 10. The van der Waals surface area contributed by atoms with Crippen LogP contribution in [0.1, 0.15) is 233 Å². The van der Waals surface area contributed by atoms with E-state index in [1.165, 1.54) is 109 Å². The van der Waals surface area contributed by atoms with Crippen LogP contribution >= 0.6 is 0 Å². The van der Waals surface area contributed by atoms with Crippen LogP contribution in [0.5, 0.6) is 0 Å². The third-order valence-electron chi connectivity index (χ3n) is 10.3. The van der Waals surface area contributed by atoms with Crippen molar-refractivity contribution < 1.29 is 28.6 Å². The van der Waals surface area contributed by atoms with Gasteiger partial charge in [0, 0.05) is 19.3 Å². The largest absolute Gasteiger partial charge is 0.462 e. The molecule has 0 fully saturated rings. The first kappa shape index (κ1) is 55.1. The fourth-order valence-corrected chi connectivity index (χ4v) is 6.65. The summed E-state index contributed by atoms with van der Waals surface area (Å²) in [7, 11) is 0. The molecule has 0 saturated carbocycles. The maximum Gasteiger partial charge on any atom is 0.306 e. The summed E-state index contributed by atoms with van der Waals surface area (Å²) in [6.07, 6.45) is 56.3. The van der Waals surface area contributed by atoms with Crippen LogP contribution in [0.4, 0.5) is 0 Å². The summed E-state index contributed by atoms with van der Waals surface area (Å²) in [6.45, 7) is 6.46. The molecule has 0 aliphatic rings. The van der Waals surface area contributed by atoms with Crippen molar-refractivity contribution in [2.45, 2.75) is 239 Å². The molecule has 6 heteroatoms. The van der Waals surface area contributed by atoms with E-state index >= 15 is 0 Å². The van der Waals surface area contributed by atoms with E-state index in [-0.39, 0.29) is 37.5 Å². The Morgan fingerprint density at radius 2 is 0.672 bits per heavy atom. The van der Waals surface area contributed by atoms with Crippen LogP contribution in [0.15, 0.2) is 60.8 Å². The molecule has 0 heterocycles. The second-order valence-electron chi connectivity index (χ2n) is 16.0. The van der Waals surface area contributed by atoms with E-state index in [2.05, 4.69) is 81.5 Å². The maximum atomic E-state index is 12.7. The minimum atomic E-state index is -0.791. The van der Waals surface area contributed by atoms with E-state index < -0.39 is 6.10 Å². The van der Waals surface area contributed by atoms with E-state index in [1.807, 2.05) is 0 Å². The topological polar surface area (TPSA) is 78.9 Å². The van der Waals surface area contributed by atoms with E-state index in [4.69, 9.17) is 14.2 Å². The molecule has 0 saturated heterocycles. The zero-order chi connectivity index (χ0) is 42.3. The Hall–Kier alpha value is -2.89. The SMILES string of the molecule is CC/C=C\C/C=C\C/C=C\C/C=C\C/C=C\CCCC(=O)OC[C@@H](COC(=O)CCCCCCCCCCCCC)OC(=O)CCCCCCCCCCCCCC. The zero-order valence-corrected chi connectivity index (χ0v) is 38.0. The fourth-order valence-electron chi connectivity index (χ4n) is 6.65. The van der Waals surface area contributed by atoms with Gasteiger partial charge in [-0.05, 0) is 57.8 Å². The fraction of sp³-hybridized carbons (Fsp3) is 0.750. The number of rotatable bonds is 43. The molecule has 58 heavy (non-hydrogen) atoms. The first-order chi connectivity index (χ1) is 28.5. The Morgan fingerprint density at radius 1 is 0.362 bits per heavy atom. The van der Waals surface area contributed by atoms with Crippen molar-refractivity contribution in [3.63, 3.8) is 0 Å². The van der Waals surface area contributed by atoms with Crippen LogP contribution in [0.3, 0.4) is 0 Å². The van der Waals surface area contributed by atoms with Crippen molar-refractivity contribution in [3.05, 3.63) is 60.8 Å². The summed E-state index contributed by atoms with van der Waals surface area (Å²) in [4.78, 5) is 37.8. The predicted molar refractivity (Wildman–Crippen MR) is 247 cm³/mol. The van der Waals surface area contributed by atoms with Crippen molar-refractivity contribution in [1.82, 2.24) is 0 Å². The lowest BCUT2D eigenvalue weighted by Gasteiger charge is -2.18. The molecule has 0 aliphatic carbocycles. The van der Waals surface area contributed by atoms with Gasteiger partial charge in [-0.3, -0.25) is 14.4 Å². The Bertz CT molecular complexity index is 1070. The van der Waals surface area contributed by atoms with Crippen molar-refractivity contribution in [2.24, 2.45) is 0 Å². The van der Waals surface area contributed by atoms with Gasteiger partial charge in [0.1, 0.15) is 13.2 Å². The van der Waals surface area contributed by atoms with Crippen LogP contribution in [-0.4, -0.2) is 37.2 Å². The first-order valence-electron chi connectivity index (χ1n) is 24.3. The number of unbranched alkanes of at least 4 members (excludes halogenated alkanes) is 22. The lowest BCUT2D eigenvalue weighted by Crippen LogP contribution is -2.30. The lowest BCUT2D eigenvalue weighted by molar-refractivity contribution is -0.167. The Kier molecular flexibility index (Phi) is 44.5. The highest BCUT2D eigenvalue weighted by molar-refractivity contribution is 5.71. The highest BCUT2D eigenvalue weighted by Crippen LogP contribution is 2.15. The van der Waals surface area contributed by atoms with E-state index in [1.54, 1.807) is 0 Å². The first-order valence-corrected chi connectivity index (χ1v) is 24.3. The normalized spacial score (nSPS) is 12.5. The molecule has 334 valence electrons. The summed E-state index contributed by atoms with van der Waals surface area (Å²) in [6, 6.07) is 0. The number of hydrogen-bond donors (Lipinski definition) is 0. The molecule has 0 amide bonds. The Balaban J connectivity index is 4.44. The summed E-state index contributed by atoms with van der Waals surface area (Å²) >= 11 is 0. The van der Waals surface area contributed by atoms with Gasteiger partial charge in [0.25, 0.3) is 0 Å². The van der Waals surface area contributed by atoms with Gasteiger partial charge < -0.3 is 14.2 Å². The summed E-state index contributed by atoms with van der Waals surface area (Å²) < 4.78 is 16.7. The zero-order valence-electron chi connectivity index (χ0n) is 38.0. The third-order valence-corrected chi connectivity index (χ3v) is 10.3. The summed E-state index contributed by atoms with van der Waals surface area (Å²) in [5.41, 5.74) is 0. The third kappa shape index (κ3) is 44.2. The van der Waals surface area contributed by atoms with Gasteiger partial charge >= 0.3 is 17.9 Å². The quantitative estimate of drug-likeness (QED) is 0.0264. The number of carbonyl (C=O) groups excluding carboxylic acids is 3. The van der Waals surface area contributed by atoms with Crippen molar-refractivity contribution >= 4 is 17.9 Å². The van der Waals surface area contributed by atoms with Crippen LogP contribution in [0.25, 0.3) is 0 Å². The van der Waals surface area contributed by atoms with Gasteiger partial charge in [0.2, 0.25) is 0 Å². The van der Waals surface area contributed by atoms with Crippen LogP contribution in [0, 0.1) is 0 Å². The van der Waals surface area contributed by atoms with Crippen molar-refractivity contribution in [3.8, 4) is 0 Å². The molecule has 0 aromatic carbocycles. The predicted octanol–water partition coefficient (Wildman–Crippen LogP) is 15.7. The van der Waals surface area contributed by atoms with Crippen molar-refractivity contribution in [1.29, 1.82) is 0 Å². The van der Waals surface area contributed by atoms with E-state index in [9.17, 15) is 14.4 Å². The molecule has 0 aromatic heterocycles. The minimum Gasteiger partial charge on any atom is -0.462 e. The summed E-state index contributed by atoms with van der Waals surface area (Å²) in [5.74, 6) is -0.948. The van der Waals surface area contributed by atoms with E-state index in [0.29, 0.717) is 19.3 Å². The van der Waals surface area contributed by atoms with Crippen LogP contribution < -0.4 is 0 Å². The van der Waals surface area contributed by atoms with E-state index in [0.717, 1.165) is 77.0 Å².